The molecule has 110 valence electrons. The van der Waals surface area contributed by atoms with E-state index in [4.69, 9.17) is 16.3 Å². The van der Waals surface area contributed by atoms with Crippen LogP contribution in [0.15, 0.2) is 36.4 Å². The summed E-state index contributed by atoms with van der Waals surface area (Å²) in [6.07, 6.45) is 0. The average molecular weight is 307 g/mol. The number of nitro groups is 1. The molecule has 0 aliphatic carbocycles. The molecular weight excluding hydrogens is 292 g/mol. The van der Waals surface area contributed by atoms with E-state index < -0.39 is 4.92 Å². The number of nitrogens with zero attached hydrogens (tertiary/aromatic N) is 1. The molecule has 0 radical (unpaired) electrons. The van der Waals surface area contributed by atoms with Crippen molar-refractivity contribution in [2.75, 3.05) is 7.05 Å². The van der Waals surface area contributed by atoms with E-state index in [0.29, 0.717) is 10.8 Å². The van der Waals surface area contributed by atoms with E-state index in [-0.39, 0.29) is 11.4 Å². The molecule has 0 aliphatic heterocycles. The van der Waals surface area contributed by atoms with Gasteiger partial charge in [-0.05, 0) is 43.3 Å². The van der Waals surface area contributed by atoms with Gasteiger partial charge >= 0.3 is 5.69 Å². The molecule has 0 unspecified atom stereocenters. The van der Waals surface area contributed by atoms with E-state index in [0.717, 1.165) is 17.7 Å². The van der Waals surface area contributed by atoms with Crippen LogP contribution in [0.5, 0.6) is 11.5 Å². The molecule has 2 aromatic rings. The Labute approximate surface area is 127 Å². The Kier molecular flexibility index (Phi) is 4.77. The van der Waals surface area contributed by atoms with Crippen LogP contribution < -0.4 is 10.1 Å². The zero-order valence-corrected chi connectivity index (χ0v) is 12.5. The zero-order valence-electron chi connectivity index (χ0n) is 11.7. The Hall–Kier alpha value is -2.11. The summed E-state index contributed by atoms with van der Waals surface area (Å²) in [7, 11) is 1.87. The quantitative estimate of drug-likeness (QED) is 0.668. The molecule has 0 fully saturated rings. The number of benzene rings is 2. The minimum Gasteiger partial charge on any atom is -0.450 e. The van der Waals surface area contributed by atoms with E-state index in [1.807, 2.05) is 26.1 Å². The normalized spacial score (nSPS) is 10.4. The van der Waals surface area contributed by atoms with Crippen molar-refractivity contribution >= 4 is 17.3 Å². The smallest absolute Gasteiger partial charge is 0.311 e. The van der Waals surface area contributed by atoms with E-state index in [1.165, 1.54) is 18.2 Å². The second kappa shape index (κ2) is 6.56. The molecule has 21 heavy (non-hydrogen) atoms. The number of aryl methyl sites for hydroxylation is 1. The van der Waals surface area contributed by atoms with Gasteiger partial charge in [-0.15, -0.1) is 0 Å². The topological polar surface area (TPSA) is 64.4 Å². The lowest BCUT2D eigenvalue weighted by molar-refractivity contribution is -0.385. The largest absolute Gasteiger partial charge is 0.450 e. The Bertz CT molecular complexity index is 674. The summed E-state index contributed by atoms with van der Waals surface area (Å²) in [5, 5.41) is 14.5. The number of nitro benzene ring substituents is 1. The first-order chi connectivity index (χ1) is 10.0. The van der Waals surface area contributed by atoms with Gasteiger partial charge in [0.15, 0.2) is 0 Å². The van der Waals surface area contributed by atoms with Gasteiger partial charge in [0.25, 0.3) is 0 Å². The number of rotatable bonds is 5. The molecule has 0 saturated carbocycles. The summed E-state index contributed by atoms with van der Waals surface area (Å²) in [4.78, 5) is 10.5. The molecule has 0 aromatic heterocycles. The SMILES string of the molecule is CNCc1ccc(Oc2cc(Cl)ccc2[N+](=O)[O-])cc1C. The van der Waals surface area contributed by atoms with Crippen LogP contribution in [0, 0.1) is 17.0 Å². The van der Waals surface area contributed by atoms with Crippen molar-refractivity contribution in [1.82, 2.24) is 5.32 Å². The highest BCUT2D eigenvalue weighted by Gasteiger charge is 2.16. The molecule has 0 saturated heterocycles. The lowest BCUT2D eigenvalue weighted by atomic mass is 10.1. The van der Waals surface area contributed by atoms with Crippen molar-refractivity contribution in [2.45, 2.75) is 13.5 Å². The van der Waals surface area contributed by atoms with Gasteiger partial charge < -0.3 is 10.1 Å². The third kappa shape index (κ3) is 3.71. The average Bonchev–Trinajstić information content (AvgIpc) is 2.42. The monoisotopic (exact) mass is 306 g/mol. The van der Waals surface area contributed by atoms with Gasteiger partial charge in [-0.1, -0.05) is 17.7 Å². The molecule has 2 aromatic carbocycles. The summed E-state index contributed by atoms with van der Waals surface area (Å²) < 4.78 is 5.62. The van der Waals surface area contributed by atoms with Crippen LogP contribution in [0.4, 0.5) is 5.69 Å². The maximum Gasteiger partial charge on any atom is 0.311 e. The van der Waals surface area contributed by atoms with Crippen molar-refractivity contribution in [1.29, 1.82) is 0 Å². The molecule has 6 heteroatoms. The number of hydrogen-bond donors (Lipinski definition) is 1. The Morgan fingerprint density at radius 2 is 2.05 bits per heavy atom. The van der Waals surface area contributed by atoms with E-state index in [9.17, 15) is 10.1 Å². The molecule has 0 atom stereocenters. The standard InChI is InChI=1S/C15H15ClN2O3/c1-10-7-13(5-3-11(10)9-17-2)21-15-8-12(16)4-6-14(15)18(19)20/h3-8,17H,9H2,1-2H3. The van der Waals surface area contributed by atoms with Crippen LogP contribution >= 0.6 is 11.6 Å². The van der Waals surface area contributed by atoms with E-state index >= 15 is 0 Å². The summed E-state index contributed by atoms with van der Waals surface area (Å²) >= 11 is 5.87. The fraction of sp³-hybridized carbons (Fsp3) is 0.200. The van der Waals surface area contributed by atoms with Crippen molar-refractivity contribution in [3.63, 3.8) is 0 Å². The fourth-order valence-electron chi connectivity index (χ4n) is 1.97. The summed E-state index contributed by atoms with van der Waals surface area (Å²) in [5.41, 5.74) is 2.08. The lowest BCUT2D eigenvalue weighted by Crippen LogP contribution is -2.06. The van der Waals surface area contributed by atoms with Gasteiger partial charge in [0.05, 0.1) is 4.92 Å². The second-order valence-electron chi connectivity index (χ2n) is 4.59. The molecule has 0 aliphatic rings. The van der Waals surface area contributed by atoms with Gasteiger partial charge in [-0.25, -0.2) is 0 Å². The van der Waals surface area contributed by atoms with Gasteiger partial charge in [0.2, 0.25) is 5.75 Å². The fourth-order valence-corrected chi connectivity index (χ4v) is 2.13. The summed E-state index contributed by atoms with van der Waals surface area (Å²) in [6.45, 7) is 2.72. The highest BCUT2D eigenvalue weighted by molar-refractivity contribution is 6.30. The maximum atomic E-state index is 11.0. The molecule has 0 heterocycles. The van der Waals surface area contributed by atoms with E-state index in [1.54, 1.807) is 6.07 Å². The minimum atomic E-state index is -0.492. The summed E-state index contributed by atoms with van der Waals surface area (Å²) in [6, 6.07) is 9.80. The van der Waals surface area contributed by atoms with Crippen molar-refractivity contribution < 1.29 is 9.66 Å². The van der Waals surface area contributed by atoms with Crippen molar-refractivity contribution in [3.05, 3.63) is 62.7 Å². The number of ether oxygens (including phenoxy) is 1. The highest BCUT2D eigenvalue weighted by Crippen LogP contribution is 2.34. The number of nitrogens with one attached hydrogen (secondary N) is 1. The minimum absolute atomic E-state index is 0.114. The third-order valence-electron chi connectivity index (χ3n) is 3.03. The number of hydrogen-bond acceptors (Lipinski definition) is 4. The molecular formula is C15H15ClN2O3. The molecule has 2 rings (SSSR count). The second-order valence-corrected chi connectivity index (χ2v) is 5.03. The highest BCUT2D eigenvalue weighted by atomic mass is 35.5. The lowest BCUT2D eigenvalue weighted by Gasteiger charge is -2.10. The van der Waals surface area contributed by atoms with Crippen LogP contribution in [0.3, 0.4) is 0 Å². The van der Waals surface area contributed by atoms with Gasteiger partial charge in [0, 0.05) is 23.7 Å². The van der Waals surface area contributed by atoms with Gasteiger partial charge in [-0.3, -0.25) is 10.1 Å². The van der Waals surface area contributed by atoms with E-state index in [2.05, 4.69) is 5.32 Å². The predicted molar refractivity (Wildman–Crippen MR) is 82.1 cm³/mol. The Morgan fingerprint density at radius 1 is 1.29 bits per heavy atom. The van der Waals surface area contributed by atoms with Gasteiger partial charge in [-0.2, -0.15) is 0 Å². The zero-order chi connectivity index (χ0) is 15.4. The van der Waals surface area contributed by atoms with Crippen LogP contribution in [0.2, 0.25) is 5.02 Å². The molecule has 0 spiro atoms. The molecule has 5 nitrogen and oxygen atoms in total. The summed E-state index contributed by atoms with van der Waals surface area (Å²) in [5.74, 6) is 0.672. The number of halogens is 1. The third-order valence-corrected chi connectivity index (χ3v) is 3.26. The van der Waals surface area contributed by atoms with Crippen molar-refractivity contribution in [2.24, 2.45) is 0 Å². The maximum absolute atomic E-state index is 11.0. The molecule has 1 N–H and O–H groups in total. The first-order valence-electron chi connectivity index (χ1n) is 6.37. The predicted octanol–water partition coefficient (Wildman–Crippen LogP) is 4.07. The van der Waals surface area contributed by atoms with Crippen molar-refractivity contribution in [3.8, 4) is 11.5 Å². The first-order valence-corrected chi connectivity index (χ1v) is 6.75. The van der Waals surface area contributed by atoms with Crippen LogP contribution in [0.25, 0.3) is 0 Å². The van der Waals surface area contributed by atoms with Crippen LogP contribution in [-0.2, 0) is 6.54 Å². The van der Waals surface area contributed by atoms with Crippen LogP contribution in [-0.4, -0.2) is 12.0 Å². The molecule has 0 amide bonds. The Morgan fingerprint density at radius 3 is 2.67 bits per heavy atom. The Balaban J connectivity index is 2.32. The van der Waals surface area contributed by atoms with Crippen LogP contribution in [0.1, 0.15) is 11.1 Å². The first kappa shape index (κ1) is 15.3. The molecule has 0 bridgehead atoms. The van der Waals surface area contributed by atoms with Gasteiger partial charge in [0.1, 0.15) is 5.75 Å².